The molecule has 2 aliphatic heterocycles. The van der Waals surface area contributed by atoms with Gasteiger partial charge in [-0.15, -0.1) is 0 Å². The molecule has 0 radical (unpaired) electrons. The summed E-state index contributed by atoms with van der Waals surface area (Å²) in [6.45, 7) is 2.64. The van der Waals surface area contributed by atoms with Crippen LogP contribution >= 0.6 is 0 Å². The van der Waals surface area contributed by atoms with E-state index in [-0.39, 0.29) is 5.91 Å². The maximum Gasteiger partial charge on any atom is 0.316 e. The Kier molecular flexibility index (Phi) is 3.43. The van der Waals surface area contributed by atoms with Crippen molar-refractivity contribution < 1.29 is 14.7 Å². The molecule has 5 heteroatoms. The van der Waals surface area contributed by atoms with Crippen molar-refractivity contribution in [1.82, 2.24) is 10.6 Å². The van der Waals surface area contributed by atoms with Crippen LogP contribution in [0.25, 0.3) is 0 Å². The van der Waals surface area contributed by atoms with Crippen molar-refractivity contribution in [2.45, 2.75) is 19.3 Å². The summed E-state index contributed by atoms with van der Waals surface area (Å²) in [6, 6.07) is 0. The summed E-state index contributed by atoms with van der Waals surface area (Å²) in [5.41, 5.74) is 0. The standard InChI is InChI=1S/C11H18N2O3/c14-10-9(11(15)16)4-8(6-13-10)7-2-1-3-12-5-7/h7-9,12H,1-6H2,(H,13,14)(H,15,16)/t7-,8+,9+/m0/s1. The Labute approximate surface area is 94.6 Å². The number of carbonyl (C=O) groups is 2. The van der Waals surface area contributed by atoms with Gasteiger partial charge in [-0.1, -0.05) is 0 Å². The average molecular weight is 226 g/mol. The quantitative estimate of drug-likeness (QED) is 0.571. The zero-order valence-corrected chi connectivity index (χ0v) is 9.24. The molecule has 2 fully saturated rings. The fraction of sp³-hybridized carbons (Fsp3) is 0.818. The van der Waals surface area contributed by atoms with Crippen molar-refractivity contribution in [3.8, 4) is 0 Å². The molecule has 90 valence electrons. The van der Waals surface area contributed by atoms with Crippen LogP contribution in [-0.2, 0) is 9.59 Å². The van der Waals surface area contributed by atoms with Gasteiger partial charge in [0.05, 0.1) is 0 Å². The maximum absolute atomic E-state index is 11.4. The SMILES string of the molecule is O=C(O)[C@@H]1C[C@@H]([C@H]2CCCNC2)CNC1=O. The molecule has 0 unspecified atom stereocenters. The molecule has 5 nitrogen and oxygen atoms in total. The number of carboxylic acid groups (broad SMARTS) is 1. The molecule has 0 saturated carbocycles. The van der Waals surface area contributed by atoms with Crippen LogP contribution < -0.4 is 10.6 Å². The van der Waals surface area contributed by atoms with Crippen LogP contribution in [0.3, 0.4) is 0 Å². The third kappa shape index (κ3) is 2.35. The van der Waals surface area contributed by atoms with Crippen LogP contribution in [0.1, 0.15) is 19.3 Å². The van der Waals surface area contributed by atoms with E-state index >= 15 is 0 Å². The lowest BCUT2D eigenvalue weighted by Crippen LogP contribution is -2.49. The number of hydrogen-bond donors (Lipinski definition) is 3. The highest BCUT2D eigenvalue weighted by Crippen LogP contribution is 2.28. The minimum absolute atomic E-state index is 0.312. The molecule has 3 atom stereocenters. The fourth-order valence-electron chi connectivity index (χ4n) is 2.70. The van der Waals surface area contributed by atoms with Gasteiger partial charge >= 0.3 is 5.97 Å². The first-order valence-electron chi connectivity index (χ1n) is 5.89. The molecular weight excluding hydrogens is 208 g/mol. The number of rotatable bonds is 2. The second-order valence-corrected chi connectivity index (χ2v) is 4.74. The van der Waals surface area contributed by atoms with Crippen molar-refractivity contribution in [2.75, 3.05) is 19.6 Å². The smallest absolute Gasteiger partial charge is 0.316 e. The first-order chi connectivity index (χ1) is 7.68. The Morgan fingerprint density at radius 1 is 1.31 bits per heavy atom. The molecule has 0 spiro atoms. The number of amides is 1. The predicted molar refractivity (Wildman–Crippen MR) is 57.8 cm³/mol. The van der Waals surface area contributed by atoms with Crippen LogP contribution in [0.2, 0.25) is 0 Å². The zero-order valence-electron chi connectivity index (χ0n) is 9.24. The Balaban J connectivity index is 1.96. The monoisotopic (exact) mass is 226 g/mol. The summed E-state index contributed by atoms with van der Waals surface area (Å²) in [4.78, 5) is 22.3. The highest BCUT2D eigenvalue weighted by atomic mass is 16.4. The highest BCUT2D eigenvalue weighted by Gasteiger charge is 2.37. The van der Waals surface area contributed by atoms with E-state index in [4.69, 9.17) is 5.11 Å². The summed E-state index contributed by atoms with van der Waals surface area (Å²) < 4.78 is 0. The van der Waals surface area contributed by atoms with E-state index in [1.165, 1.54) is 0 Å². The van der Waals surface area contributed by atoms with Gasteiger partial charge in [-0.3, -0.25) is 9.59 Å². The van der Waals surface area contributed by atoms with E-state index in [1.807, 2.05) is 0 Å². The largest absolute Gasteiger partial charge is 0.481 e. The van der Waals surface area contributed by atoms with Crippen LogP contribution in [0.5, 0.6) is 0 Å². The first-order valence-corrected chi connectivity index (χ1v) is 5.89. The second-order valence-electron chi connectivity index (χ2n) is 4.74. The number of aliphatic carboxylic acids is 1. The van der Waals surface area contributed by atoms with E-state index in [0.29, 0.717) is 24.8 Å². The Morgan fingerprint density at radius 2 is 2.12 bits per heavy atom. The number of nitrogens with one attached hydrogen (secondary N) is 2. The van der Waals surface area contributed by atoms with Gasteiger partial charge in [-0.25, -0.2) is 0 Å². The molecule has 0 aromatic heterocycles. The highest BCUT2D eigenvalue weighted by molar-refractivity contribution is 5.97. The molecule has 2 heterocycles. The van der Waals surface area contributed by atoms with Gasteiger partial charge in [0, 0.05) is 6.54 Å². The second kappa shape index (κ2) is 4.82. The van der Waals surface area contributed by atoms with E-state index in [9.17, 15) is 9.59 Å². The van der Waals surface area contributed by atoms with Gasteiger partial charge in [0.15, 0.2) is 0 Å². The molecule has 3 N–H and O–H groups in total. The maximum atomic E-state index is 11.4. The minimum Gasteiger partial charge on any atom is -0.481 e. The lowest BCUT2D eigenvalue weighted by Gasteiger charge is -2.35. The Morgan fingerprint density at radius 3 is 2.75 bits per heavy atom. The number of carbonyl (C=O) groups excluding carboxylic acids is 1. The Hall–Kier alpha value is -1.10. The van der Waals surface area contributed by atoms with Crippen molar-refractivity contribution in [3.63, 3.8) is 0 Å². The summed E-state index contributed by atoms with van der Waals surface area (Å²) in [5.74, 6) is -1.35. The molecule has 0 aromatic carbocycles. The number of piperidine rings is 2. The van der Waals surface area contributed by atoms with Gasteiger partial charge in [0.2, 0.25) is 5.91 Å². The predicted octanol–water partition coefficient (Wildman–Crippen LogP) is -0.177. The van der Waals surface area contributed by atoms with E-state index in [0.717, 1.165) is 25.9 Å². The summed E-state index contributed by atoms with van der Waals surface area (Å²) >= 11 is 0. The van der Waals surface area contributed by atoms with Crippen molar-refractivity contribution >= 4 is 11.9 Å². The third-order valence-corrected chi connectivity index (χ3v) is 3.69. The fourth-order valence-corrected chi connectivity index (χ4v) is 2.70. The van der Waals surface area contributed by atoms with Crippen molar-refractivity contribution in [1.29, 1.82) is 0 Å². The van der Waals surface area contributed by atoms with Gasteiger partial charge in [-0.2, -0.15) is 0 Å². The van der Waals surface area contributed by atoms with Gasteiger partial charge in [0.1, 0.15) is 5.92 Å². The van der Waals surface area contributed by atoms with Crippen LogP contribution in [-0.4, -0.2) is 36.6 Å². The van der Waals surface area contributed by atoms with E-state index in [2.05, 4.69) is 10.6 Å². The molecule has 2 aliphatic rings. The normalized spacial score (nSPS) is 35.5. The molecule has 2 rings (SSSR count). The minimum atomic E-state index is -0.994. The molecular formula is C11H18N2O3. The van der Waals surface area contributed by atoms with Crippen LogP contribution in [0, 0.1) is 17.8 Å². The molecule has 0 aliphatic carbocycles. The molecule has 16 heavy (non-hydrogen) atoms. The topological polar surface area (TPSA) is 78.4 Å². The van der Waals surface area contributed by atoms with E-state index in [1.54, 1.807) is 0 Å². The third-order valence-electron chi connectivity index (χ3n) is 3.69. The molecule has 2 saturated heterocycles. The van der Waals surface area contributed by atoms with Crippen molar-refractivity contribution in [3.05, 3.63) is 0 Å². The van der Waals surface area contributed by atoms with Crippen LogP contribution in [0.15, 0.2) is 0 Å². The molecule has 0 bridgehead atoms. The number of hydrogen-bond acceptors (Lipinski definition) is 3. The lowest BCUT2D eigenvalue weighted by molar-refractivity contribution is -0.149. The zero-order chi connectivity index (χ0) is 11.5. The molecule has 0 aromatic rings. The lowest BCUT2D eigenvalue weighted by atomic mass is 9.78. The number of carboxylic acids is 1. The van der Waals surface area contributed by atoms with Crippen molar-refractivity contribution in [2.24, 2.45) is 17.8 Å². The van der Waals surface area contributed by atoms with Gasteiger partial charge in [-0.05, 0) is 44.2 Å². The van der Waals surface area contributed by atoms with Gasteiger partial charge < -0.3 is 15.7 Å². The first kappa shape index (κ1) is 11.4. The Bertz CT molecular complexity index is 287. The van der Waals surface area contributed by atoms with Crippen LogP contribution in [0.4, 0.5) is 0 Å². The average Bonchev–Trinajstić information content (AvgIpc) is 2.30. The summed E-state index contributed by atoms with van der Waals surface area (Å²) in [5, 5.41) is 15.0. The van der Waals surface area contributed by atoms with Gasteiger partial charge in [0.25, 0.3) is 0 Å². The summed E-state index contributed by atoms with van der Waals surface area (Å²) in [6.07, 6.45) is 2.78. The molecule has 1 amide bonds. The van der Waals surface area contributed by atoms with E-state index < -0.39 is 11.9 Å². The summed E-state index contributed by atoms with van der Waals surface area (Å²) in [7, 11) is 0.